The van der Waals surface area contributed by atoms with Gasteiger partial charge in [0.25, 0.3) is 0 Å². The number of carbonyl (C=O) groups excluding carboxylic acids is 2. The predicted molar refractivity (Wildman–Crippen MR) is 66.2 cm³/mol. The molecule has 1 amide bonds. The fraction of sp³-hybridized carbons (Fsp3) is 0.385. The Morgan fingerprint density at radius 1 is 1.44 bits per heavy atom. The van der Waals surface area contributed by atoms with Gasteiger partial charge in [-0.15, -0.1) is 0 Å². The van der Waals surface area contributed by atoms with Gasteiger partial charge in [0.1, 0.15) is 11.4 Å². The van der Waals surface area contributed by atoms with E-state index < -0.39 is 11.4 Å². The summed E-state index contributed by atoms with van der Waals surface area (Å²) < 4.78 is 13.6. The van der Waals surface area contributed by atoms with E-state index in [1.54, 1.807) is 30.9 Å². The van der Waals surface area contributed by atoms with Crippen molar-refractivity contribution in [2.45, 2.75) is 19.4 Å². The Hall–Kier alpha value is -1.91. The topological polar surface area (TPSA) is 49.4 Å². The van der Waals surface area contributed by atoms with Gasteiger partial charge in [0.15, 0.2) is 6.29 Å². The molecule has 0 spiro atoms. The molecule has 0 aliphatic carbocycles. The molecule has 0 atom stereocenters. The predicted octanol–water partition coefficient (Wildman–Crippen LogP) is 1.35. The second kappa shape index (κ2) is 4.40. The molecule has 96 valence electrons. The molecule has 0 radical (unpaired) electrons. The lowest BCUT2D eigenvalue weighted by atomic mass is 9.96. The van der Waals surface area contributed by atoms with Gasteiger partial charge in [-0.05, 0) is 26.0 Å². The van der Waals surface area contributed by atoms with Crippen molar-refractivity contribution in [3.63, 3.8) is 0 Å². The van der Waals surface area contributed by atoms with Crippen LogP contribution in [0.2, 0.25) is 0 Å². The highest BCUT2D eigenvalue weighted by atomic mass is 19.1. The summed E-state index contributed by atoms with van der Waals surface area (Å²) in [5.74, 6) is -0.695. The second-order valence-electron chi connectivity index (χ2n) is 4.76. The smallest absolute Gasteiger partial charge is 0.245 e. The van der Waals surface area contributed by atoms with Crippen molar-refractivity contribution in [2.75, 3.05) is 18.0 Å². The average Bonchev–Trinajstić information content (AvgIpc) is 2.32. The molecule has 0 saturated carbocycles. The summed E-state index contributed by atoms with van der Waals surface area (Å²) in [6, 6.07) is 4.44. The lowest BCUT2D eigenvalue weighted by Crippen LogP contribution is -2.62. The summed E-state index contributed by atoms with van der Waals surface area (Å²) in [6.45, 7) is 4.53. The molecule has 0 unspecified atom stereocenters. The van der Waals surface area contributed by atoms with Gasteiger partial charge in [-0.3, -0.25) is 9.59 Å². The Bertz CT molecular complexity index is 500. The molecule has 1 aromatic carbocycles. The molecule has 4 nitrogen and oxygen atoms in total. The highest BCUT2D eigenvalue weighted by Crippen LogP contribution is 2.29. The van der Waals surface area contributed by atoms with Gasteiger partial charge < -0.3 is 10.2 Å². The molecule has 1 saturated heterocycles. The Morgan fingerprint density at radius 2 is 2.17 bits per heavy atom. The van der Waals surface area contributed by atoms with Gasteiger partial charge in [0.05, 0.1) is 11.3 Å². The number of hydrogen-bond donors (Lipinski definition) is 1. The maximum Gasteiger partial charge on any atom is 0.245 e. The maximum atomic E-state index is 13.6. The van der Waals surface area contributed by atoms with Gasteiger partial charge in [-0.2, -0.15) is 0 Å². The van der Waals surface area contributed by atoms with Crippen LogP contribution in [-0.2, 0) is 4.79 Å². The van der Waals surface area contributed by atoms with Crippen molar-refractivity contribution in [1.82, 2.24) is 5.32 Å². The molecule has 0 bridgehead atoms. The Kier molecular flexibility index (Phi) is 3.07. The zero-order valence-corrected chi connectivity index (χ0v) is 10.4. The zero-order valence-electron chi connectivity index (χ0n) is 10.4. The Balaban J connectivity index is 2.51. The first kappa shape index (κ1) is 12.5. The molecule has 18 heavy (non-hydrogen) atoms. The van der Waals surface area contributed by atoms with E-state index in [2.05, 4.69) is 5.32 Å². The molecule has 5 heteroatoms. The van der Waals surface area contributed by atoms with Crippen LogP contribution in [0.3, 0.4) is 0 Å². The molecular weight excluding hydrogens is 235 g/mol. The number of halogens is 1. The molecule has 1 aromatic rings. The van der Waals surface area contributed by atoms with Crippen molar-refractivity contribution in [1.29, 1.82) is 0 Å². The Labute approximate surface area is 105 Å². The summed E-state index contributed by atoms with van der Waals surface area (Å²) in [7, 11) is 0. The van der Waals surface area contributed by atoms with E-state index in [1.165, 1.54) is 6.07 Å². The Morgan fingerprint density at radius 3 is 2.83 bits per heavy atom. The van der Waals surface area contributed by atoms with Crippen molar-refractivity contribution < 1.29 is 14.0 Å². The molecular formula is C13H15FN2O2. The summed E-state index contributed by atoms with van der Waals surface area (Å²) in [6.07, 6.45) is 0.493. The van der Waals surface area contributed by atoms with Gasteiger partial charge in [0, 0.05) is 13.1 Å². The molecule has 2 rings (SSSR count). The van der Waals surface area contributed by atoms with Gasteiger partial charge in [-0.25, -0.2) is 4.39 Å². The second-order valence-corrected chi connectivity index (χ2v) is 4.76. The fourth-order valence-electron chi connectivity index (χ4n) is 2.20. The highest BCUT2D eigenvalue weighted by Gasteiger charge is 2.38. The van der Waals surface area contributed by atoms with Crippen LogP contribution in [-0.4, -0.2) is 30.8 Å². The van der Waals surface area contributed by atoms with Crippen molar-refractivity contribution in [2.24, 2.45) is 0 Å². The molecule has 1 aliphatic rings. The standard InChI is InChI=1S/C13H15FN2O2/c1-13(2)12(18)15-6-7-16(13)11-5-3-4-10(14)9(11)8-17/h3-5,8H,6-7H2,1-2H3,(H,15,18). The van der Waals surface area contributed by atoms with Gasteiger partial charge >= 0.3 is 0 Å². The van der Waals surface area contributed by atoms with Crippen molar-refractivity contribution in [3.05, 3.63) is 29.6 Å². The largest absolute Gasteiger partial charge is 0.355 e. The zero-order chi connectivity index (χ0) is 13.3. The average molecular weight is 250 g/mol. The third-order valence-corrected chi connectivity index (χ3v) is 3.29. The number of benzene rings is 1. The van der Waals surface area contributed by atoms with E-state index in [1.807, 2.05) is 0 Å². The molecule has 1 N–H and O–H groups in total. The lowest BCUT2D eigenvalue weighted by Gasteiger charge is -2.43. The summed E-state index contributed by atoms with van der Waals surface area (Å²) in [5.41, 5.74) is -0.339. The summed E-state index contributed by atoms with van der Waals surface area (Å²) in [4.78, 5) is 24.6. The highest BCUT2D eigenvalue weighted by molar-refractivity contribution is 5.93. The van der Waals surface area contributed by atoms with E-state index in [0.29, 0.717) is 25.1 Å². The third kappa shape index (κ3) is 1.85. The number of anilines is 1. The minimum absolute atomic E-state index is 0.000255. The van der Waals surface area contributed by atoms with E-state index in [4.69, 9.17) is 0 Å². The number of rotatable bonds is 2. The number of aldehydes is 1. The molecule has 1 aliphatic heterocycles. The van der Waals surface area contributed by atoms with Gasteiger partial charge in [0.2, 0.25) is 5.91 Å². The van der Waals surface area contributed by atoms with Gasteiger partial charge in [-0.1, -0.05) is 6.07 Å². The number of nitrogens with zero attached hydrogens (tertiary/aromatic N) is 1. The molecule has 1 heterocycles. The lowest BCUT2D eigenvalue weighted by molar-refractivity contribution is -0.126. The number of hydrogen-bond acceptors (Lipinski definition) is 3. The van der Waals surface area contributed by atoms with Crippen LogP contribution in [0.1, 0.15) is 24.2 Å². The molecule has 0 aromatic heterocycles. The summed E-state index contributed by atoms with van der Waals surface area (Å²) >= 11 is 0. The van der Waals surface area contributed by atoms with E-state index in [-0.39, 0.29) is 11.5 Å². The number of carbonyl (C=O) groups is 2. The van der Waals surface area contributed by atoms with Crippen LogP contribution in [0.5, 0.6) is 0 Å². The first-order valence-corrected chi connectivity index (χ1v) is 5.78. The monoisotopic (exact) mass is 250 g/mol. The van der Waals surface area contributed by atoms with Crippen LogP contribution >= 0.6 is 0 Å². The minimum Gasteiger partial charge on any atom is -0.355 e. The quantitative estimate of drug-likeness (QED) is 0.806. The minimum atomic E-state index is -0.802. The maximum absolute atomic E-state index is 13.6. The first-order chi connectivity index (χ1) is 8.48. The van der Waals surface area contributed by atoms with Crippen LogP contribution in [0, 0.1) is 5.82 Å². The van der Waals surface area contributed by atoms with Crippen LogP contribution in [0.4, 0.5) is 10.1 Å². The van der Waals surface area contributed by atoms with Crippen molar-refractivity contribution >= 4 is 17.9 Å². The van der Waals surface area contributed by atoms with E-state index in [0.717, 1.165) is 0 Å². The van der Waals surface area contributed by atoms with Crippen LogP contribution in [0.15, 0.2) is 18.2 Å². The van der Waals surface area contributed by atoms with E-state index in [9.17, 15) is 14.0 Å². The number of piperazine rings is 1. The van der Waals surface area contributed by atoms with Crippen LogP contribution < -0.4 is 10.2 Å². The first-order valence-electron chi connectivity index (χ1n) is 5.78. The molecule has 1 fully saturated rings. The fourth-order valence-corrected chi connectivity index (χ4v) is 2.20. The number of amides is 1. The van der Waals surface area contributed by atoms with Crippen molar-refractivity contribution in [3.8, 4) is 0 Å². The number of nitrogens with one attached hydrogen (secondary N) is 1. The SMILES string of the molecule is CC1(C)C(=O)NCCN1c1cccc(F)c1C=O. The van der Waals surface area contributed by atoms with Crippen LogP contribution in [0.25, 0.3) is 0 Å². The normalized spacial score (nSPS) is 18.4. The summed E-state index contributed by atoms with van der Waals surface area (Å²) in [5, 5.41) is 2.76. The van der Waals surface area contributed by atoms with E-state index >= 15 is 0 Å². The third-order valence-electron chi connectivity index (χ3n) is 3.29.